The molecule has 0 radical (unpaired) electrons. The van der Waals surface area contributed by atoms with Gasteiger partial charge in [0.25, 0.3) is 5.91 Å². The van der Waals surface area contributed by atoms with Crippen LogP contribution in [0.25, 0.3) is 0 Å². The minimum atomic E-state index is -0.133. The third kappa shape index (κ3) is 3.08. The van der Waals surface area contributed by atoms with Gasteiger partial charge in [0.1, 0.15) is 11.5 Å². The van der Waals surface area contributed by atoms with Gasteiger partial charge in [-0.05, 0) is 39.2 Å². The molecule has 1 amide bonds. The van der Waals surface area contributed by atoms with Crippen LogP contribution in [0.5, 0.6) is 0 Å². The van der Waals surface area contributed by atoms with Crippen molar-refractivity contribution < 1.29 is 9.21 Å². The summed E-state index contributed by atoms with van der Waals surface area (Å²) in [5.74, 6) is 0.697. The fourth-order valence-corrected chi connectivity index (χ4v) is 2.12. The van der Waals surface area contributed by atoms with Crippen LogP contribution in [0.2, 0.25) is 0 Å². The highest BCUT2D eigenvalue weighted by Crippen LogP contribution is 2.17. The molecule has 1 atom stereocenters. The van der Waals surface area contributed by atoms with E-state index in [1.54, 1.807) is 24.1 Å². The van der Waals surface area contributed by atoms with Gasteiger partial charge in [-0.1, -0.05) is 0 Å². The van der Waals surface area contributed by atoms with Crippen LogP contribution in [0, 0.1) is 6.92 Å². The summed E-state index contributed by atoms with van der Waals surface area (Å²) in [6.07, 6.45) is 1.64. The van der Waals surface area contributed by atoms with Crippen LogP contribution in [0.3, 0.4) is 0 Å². The summed E-state index contributed by atoms with van der Waals surface area (Å²) in [7, 11) is 5.67. The number of furan rings is 1. The lowest BCUT2D eigenvalue weighted by Gasteiger charge is -2.22. The van der Waals surface area contributed by atoms with Crippen LogP contribution >= 0.6 is 0 Å². The number of carbonyl (C=O) groups is 1. The Bertz CT molecular complexity index is 572. The molecular weight excluding hydrogens is 256 g/mol. The van der Waals surface area contributed by atoms with Gasteiger partial charge < -0.3 is 9.73 Å². The van der Waals surface area contributed by atoms with Crippen molar-refractivity contribution in [2.45, 2.75) is 13.0 Å². The molecule has 0 spiro atoms. The second-order valence-electron chi connectivity index (χ2n) is 5.00. The molecule has 6 nitrogen and oxygen atoms in total. The molecule has 1 N–H and O–H groups in total. The summed E-state index contributed by atoms with van der Waals surface area (Å²) in [6, 6.07) is 5.53. The van der Waals surface area contributed by atoms with E-state index in [1.807, 2.05) is 38.1 Å². The van der Waals surface area contributed by atoms with Gasteiger partial charge in [-0.3, -0.25) is 14.4 Å². The van der Waals surface area contributed by atoms with E-state index in [2.05, 4.69) is 10.4 Å². The molecule has 0 fully saturated rings. The number of aromatic nitrogens is 2. The second-order valence-corrected chi connectivity index (χ2v) is 5.00. The Hall–Kier alpha value is -2.08. The molecule has 0 aromatic carbocycles. The molecule has 0 saturated heterocycles. The highest BCUT2D eigenvalue weighted by molar-refractivity contribution is 5.92. The Morgan fingerprint density at radius 3 is 2.80 bits per heavy atom. The molecule has 108 valence electrons. The van der Waals surface area contributed by atoms with E-state index in [0.717, 1.165) is 11.5 Å². The molecule has 2 aromatic heterocycles. The third-order valence-electron chi connectivity index (χ3n) is 3.19. The maximum atomic E-state index is 12.2. The lowest BCUT2D eigenvalue weighted by atomic mass is 10.2. The zero-order chi connectivity index (χ0) is 14.7. The van der Waals surface area contributed by atoms with Crippen molar-refractivity contribution >= 4 is 5.91 Å². The number of nitrogens with one attached hydrogen (secondary N) is 1. The summed E-state index contributed by atoms with van der Waals surface area (Å²) in [5, 5.41) is 7.09. The Labute approximate surface area is 118 Å². The number of hydrogen-bond acceptors (Lipinski definition) is 4. The van der Waals surface area contributed by atoms with Gasteiger partial charge in [0.05, 0.1) is 18.0 Å². The maximum Gasteiger partial charge on any atom is 0.269 e. The van der Waals surface area contributed by atoms with Crippen LogP contribution in [-0.2, 0) is 7.05 Å². The second kappa shape index (κ2) is 5.92. The average molecular weight is 276 g/mol. The van der Waals surface area contributed by atoms with Crippen molar-refractivity contribution in [3.8, 4) is 0 Å². The molecule has 0 aliphatic carbocycles. The summed E-state index contributed by atoms with van der Waals surface area (Å²) in [4.78, 5) is 14.2. The molecule has 20 heavy (non-hydrogen) atoms. The number of carbonyl (C=O) groups excluding carboxylic acids is 1. The average Bonchev–Trinajstić information content (AvgIpc) is 2.99. The van der Waals surface area contributed by atoms with E-state index >= 15 is 0 Å². The molecule has 2 aromatic rings. The van der Waals surface area contributed by atoms with E-state index in [-0.39, 0.29) is 11.9 Å². The summed E-state index contributed by atoms with van der Waals surface area (Å²) < 4.78 is 7.00. The van der Waals surface area contributed by atoms with Crippen LogP contribution in [0.15, 0.2) is 28.9 Å². The monoisotopic (exact) mass is 276 g/mol. The Morgan fingerprint density at radius 2 is 2.30 bits per heavy atom. The van der Waals surface area contributed by atoms with Crippen LogP contribution in [0.4, 0.5) is 0 Å². The zero-order valence-corrected chi connectivity index (χ0v) is 12.3. The highest BCUT2D eigenvalue weighted by atomic mass is 16.3. The number of nitrogens with zero attached hydrogens (tertiary/aromatic N) is 3. The standard InChI is InChI=1S/C14H20N4O2/c1-10-8-11(18(4)16-10)14(19)15-9-12(17(2)3)13-6-5-7-20-13/h5-8,12H,9H2,1-4H3,(H,15,19). The van der Waals surface area contributed by atoms with Gasteiger partial charge in [0, 0.05) is 13.6 Å². The maximum absolute atomic E-state index is 12.2. The van der Waals surface area contributed by atoms with Crippen LogP contribution in [-0.4, -0.2) is 41.2 Å². The first-order valence-electron chi connectivity index (χ1n) is 6.47. The first-order valence-corrected chi connectivity index (χ1v) is 6.47. The van der Waals surface area contributed by atoms with Crippen molar-refractivity contribution in [2.75, 3.05) is 20.6 Å². The van der Waals surface area contributed by atoms with Gasteiger partial charge in [0.15, 0.2) is 0 Å². The van der Waals surface area contributed by atoms with Crippen LogP contribution in [0.1, 0.15) is 28.0 Å². The van der Waals surface area contributed by atoms with Gasteiger partial charge in [-0.15, -0.1) is 0 Å². The van der Waals surface area contributed by atoms with Gasteiger partial charge in [0.2, 0.25) is 0 Å². The number of likely N-dealkylation sites (N-methyl/N-ethyl adjacent to an activating group) is 1. The third-order valence-corrected chi connectivity index (χ3v) is 3.19. The topological polar surface area (TPSA) is 63.3 Å². The molecule has 0 saturated carbocycles. The fraction of sp³-hybridized carbons (Fsp3) is 0.429. The van der Waals surface area contributed by atoms with Crippen molar-refractivity contribution in [3.05, 3.63) is 41.6 Å². The fourth-order valence-electron chi connectivity index (χ4n) is 2.12. The SMILES string of the molecule is Cc1cc(C(=O)NCC(c2ccco2)N(C)C)n(C)n1. The van der Waals surface area contributed by atoms with E-state index in [9.17, 15) is 4.79 Å². The number of rotatable bonds is 5. The summed E-state index contributed by atoms with van der Waals surface area (Å²) >= 11 is 0. The number of hydrogen-bond donors (Lipinski definition) is 1. The van der Waals surface area contributed by atoms with Crippen molar-refractivity contribution in [2.24, 2.45) is 7.05 Å². The molecule has 2 rings (SSSR count). The predicted molar refractivity (Wildman–Crippen MR) is 75.4 cm³/mol. The van der Waals surface area contributed by atoms with Gasteiger partial charge >= 0.3 is 0 Å². The quantitative estimate of drug-likeness (QED) is 0.895. The number of amides is 1. The first kappa shape index (κ1) is 14.3. The molecule has 1 unspecified atom stereocenters. The van der Waals surface area contributed by atoms with Crippen molar-refractivity contribution in [1.29, 1.82) is 0 Å². The summed E-state index contributed by atoms with van der Waals surface area (Å²) in [6.45, 7) is 2.34. The van der Waals surface area contributed by atoms with Crippen LogP contribution < -0.4 is 5.32 Å². The molecular formula is C14H20N4O2. The highest BCUT2D eigenvalue weighted by Gasteiger charge is 2.19. The first-order chi connectivity index (χ1) is 9.49. The summed E-state index contributed by atoms with van der Waals surface area (Å²) in [5.41, 5.74) is 1.38. The minimum absolute atomic E-state index is 0.00303. The molecule has 0 aliphatic heterocycles. The normalized spacial score (nSPS) is 12.7. The van der Waals surface area contributed by atoms with E-state index in [1.165, 1.54) is 0 Å². The molecule has 6 heteroatoms. The van der Waals surface area contributed by atoms with Crippen molar-refractivity contribution in [1.82, 2.24) is 20.0 Å². The van der Waals surface area contributed by atoms with E-state index in [4.69, 9.17) is 4.42 Å². The largest absolute Gasteiger partial charge is 0.468 e. The Kier molecular flexibility index (Phi) is 4.24. The lowest BCUT2D eigenvalue weighted by molar-refractivity contribution is 0.0929. The zero-order valence-electron chi connectivity index (χ0n) is 12.3. The minimum Gasteiger partial charge on any atom is -0.468 e. The van der Waals surface area contributed by atoms with Gasteiger partial charge in [-0.2, -0.15) is 5.10 Å². The number of aryl methyl sites for hydroxylation is 2. The van der Waals surface area contributed by atoms with E-state index < -0.39 is 0 Å². The Morgan fingerprint density at radius 1 is 1.55 bits per heavy atom. The smallest absolute Gasteiger partial charge is 0.269 e. The predicted octanol–water partition coefficient (Wildman–Crippen LogP) is 1.35. The van der Waals surface area contributed by atoms with E-state index in [0.29, 0.717) is 12.2 Å². The lowest BCUT2D eigenvalue weighted by Crippen LogP contribution is -2.35. The molecule has 2 heterocycles. The van der Waals surface area contributed by atoms with Crippen molar-refractivity contribution in [3.63, 3.8) is 0 Å². The Balaban J connectivity index is 2.03. The molecule has 0 bridgehead atoms. The molecule has 0 aliphatic rings. The van der Waals surface area contributed by atoms with Gasteiger partial charge in [-0.25, -0.2) is 0 Å².